The van der Waals surface area contributed by atoms with E-state index < -0.39 is 0 Å². The Hall–Kier alpha value is -3.26. The highest BCUT2D eigenvalue weighted by atomic mass is 16.3. The molecule has 0 aliphatic rings. The van der Waals surface area contributed by atoms with Crippen LogP contribution >= 0.6 is 0 Å². The monoisotopic (exact) mass is 309 g/mol. The van der Waals surface area contributed by atoms with Gasteiger partial charge in [0.2, 0.25) is 0 Å². The lowest BCUT2D eigenvalue weighted by Gasteiger charge is -2.10. The van der Waals surface area contributed by atoms with Crippen LogP contribution in [-0.2, 0) is 0 Å². The van der Waals surface area contributed by atoms with Crippen LogP contribution in [0.2, 0.25) is 0 Å². The second-order valence-corrected chi connectivity index (χ2v) is 5.96. The second kappa shape index (κ2) is 5.14. The molecular formula is C22H15NO. The molecule has 1 N–H and O–H groups in total. The zero-order valence-electron chi connectivity index (χ0n) is 13.0. The van der Waals surface area contributed by atoms with Gasteiger partial charge in [-0.15, -0.1) is 0 Å². The zero-order valence-corrected chi connectivity index (χ0v) is 13.0. The van der Waals surface area contributed by atoms with Crippen LogP contribution in [0.25, 0.3) is 32.7 Å². The molecular weight excluding hydrogens is 294 g/mol. The summed E-state index contributed by atoms with van der Waals surface area (Å²) in [5.74, 6) is 0. The Morgan fingerprint density at radius 2 is 1.42 bits per heavy atom. The average molecular weight is 309 g/mol. The lowest BCUT2D eigenvalue weighted by molar-refractivity contribution is 0.669. The number of para-hydroxylation sites is 2. The molecule has 0 aliphatic carbocycles. The van der Waals surface area contributed by atoms with Crippen molar-refractivity contribution in [2.75, 3.05) is 5.32 Å². The fourth-order valence-electron chi connectivity index (χ4n) is 3.28. The molecule has 1 heterocycles. The first-order valence-electron chi connectivity index (χ1n) is 8.04. The van der Waals surface area contributed by atoms with Gasteiger partial charge in [0.1, 0.15) is 11.2 Å². The fraction of sp³-hybridized carbons (Fsp3) is 0. The van der Waals surface area contributed by atoms with E-state index in [4.69, 9.17) is 4.42 Å². The van der Waals surface area contributed by atoms with Gasteiger partial charge in [-0.1, -0.05) is 48.5 Å². The topological polar surface area (TPSA) is 25.2 Å². The third-order valence-electron chi connectivity index (χ3n) is 4.43. The molecule has 4 aromatic carbocycles. The first kappa shape index (κ1) is 13.2. The number of rotatable bonds is 2. The Morgan fingerprint density at radius 3 is 2.33 bits per heavy atom. The van der Waals surface area contributed by atoms with Crippen molar-refractivity contribution in [2.24, 2.45) is 0 Å². The first-order chi connectivity index (χ1) is 11.9. The van der Waals surface area contributed by atoms with Crippen LogP contribution in [0.15, 0.2) is 89.3 Å². The SMILES string of the molecule is c1ccc(Nc2cccc3cc4c(cc23)oc2ccccc24)cc1. The summed E-state index contributed by atoms with van der Waals surface area (Å²) in [6.45, 7) is 0. The third kappa shape index (κ3) is 2.04. The molecule has 24 heavy (non-hydrogen) atoms. The maximum atomic E-state index is 6.04. The number of furan rings is 1. The van der Waals surface area contributed by atoms with Crippen molar-refractivity contribution in [1.29, 1.82) is 0 Å². The fourth-order valence-corrected chi connectivity index (χ4v) is 3.28. The Labute approximate surface area is 139 Å². The molecule has 0 radical (unpaired) electrons. The Kier molecular flexibility index (Phi) is 2.83. The van der Waals surface area contributed by atoms with Gasteiger partial charge in [0.15, 0.2) is 0 Å². The first-order valence-corrected chi connectivity index (χ1v) is 8.04. The number of nitrogens with one attached hydrogen (secondary N) is 1. The predicted octanol–water partition coefficient (Wildman–Crippen LogP) is 6.48. The smallest absolute Gasteiger partial charge is 0.136 e. The lowest BCUT2D eigenvalue weighted by atomic mass is 10.0. The minimum Gasteiger partial charge on any atom is -0.456 e. The molecule has 0 spiro atoms. The van der Waals surface area contributed by atoms with E-state index in [2.05, 4.69) is 59.9 Å². The highest BCUT2D eigenvalue weighted by Crippen LogP contribution is 2.35. The molecule has 0 bridgehead atoms. The van der Waals surface area contributed by atoms with E-state index >= 15 is 0 Å². The van der Waals surface area contributed by atoms with Crippen molar-refractivity contribution >= 4 is 44.1 Å². The summed E-state index contributed by atoms with van der Waals surface area (Å²) in [7, 11) is 0. The highest BCUT2D eigenvalue weighted by molar-refractivity contribution is 6.12. The van der Waals surface area contributed by atoms with Gasteiger partial charge in [-0.2, -0.15) is 0 Å². The summed E-state index contributed by atoms with van der Waals surface area (Å²) < 4.78 is 6.04. The van der Waals surface area contributed by atoms with E-state index in [-0.39, 0.29) is 0 Å². The van der Waals surface area contributed by atoms with Crippen molar-refractivity contribution in [2.45, 2.75) is 0 Å². The maximum absolute atomic E-state index is 6.04. The van der Waals surface area contributed by atoms with Crippen LogP contribution < -0.4 is 5.32 Å². The van der Waals surface area contributed by atoms with Crippen LogP contribution in [0.1, 0.15) is 0 Å². The van der Waals surface area contributed by atoms with Crippen molar-refractivity contribution in [3.05, 3.63) is 84.9 Å². The number of hydrogen-bond acceptors (Lipinski definition) is 2. The second-order valence-electron chi connectivity index (χ2n) is 5.96. The number of anilines is 2. The average Bonchev–Trinajstić information content (AvgIpc) is 2.99. The largest absolute Gasteiger partial charge is 0.456 e. The van der Waals surface area contributed by atoms with Crippen molar-refractivity contribution < 1.29 is 4.42 Å². The van der Waals surface area contributed by atoms with Gasteiger partial charge in [0.05, 0.1) is 0 Å². The minimum absolute atomic E-state index is 0.922. The third-order valence-corrected chi connectivity index (χ3v) is 4.43. The molecule has 0 amide bonds. The van der Waals surface area contributed by atoms with Gasteiger partial charge in [-0.3, -0.25) is 0 Å². The van der Waals surface area contributed by atoms with E-state index in [0.29, 0.717) is 0 Å². The number of fused-ring (bicyclic) bond motifs is 4. The van der Waals surface area contributed by atoms with Crippen LogP contribution in [0, 0.1) is 0 Å². The molecule has 0 saturated heterocycles. The maximum Gasteiger partial charge on any atom is 0.136 e. The van der Waals surface area contributed by atoms with E-state index in [1.165, 1.54) is 5.39 Å². The molecule has 2 nitrogen and oxygen atoms in total. The normalized spacial score (nSPS) is 11.3. The Morgan fingerprint density at radius 1 is 0.583 bits per heavy atom. The van der Waals surface area contributed by atoms with Crippen molar-refractivity contribution in [3.63, 3.8) is 0 Å². The molecule has 0 fully saturated rings. The van der Waals surface area contributed by atoms with Gasteiger partial charge < -0.3 is 9.73 Å². The highest BCUT2D eigenvalue weighted by Gasteiger charge is 2.09. The Balaban J connectivity index is 1.75. The summed E-state index contributed by atoms with van der Waals surface area (Å²) in [6, 6.07) is 29.1. The standard InChI is InChI=1S/C22H15NO/c1-2-8-16(9-3-1)23-20-11-6-7-15-13-19-17-10-4-5-12-21(17)24-22(19)14-18(15)20/h1-14,23H. The molecule has 0 saturated carbocycles. The van der Waals surface area contributed by atoms with Crippen LogP contribution in [0.5, 0.6) is 0 Å². The van der Waals surface area contributed by atoms with Crippen molar-refractivity contribution in [3.8, 4) is 0 Å². The molecule has 114 valence electrons. The molecule has 0 unspecified atom stereocenters. The molecule has 5 aromatic rings. The van der Waals surface area contributed by atoms with Crippen LogP contribution in [0.3, 0.4) is 0 Å². The molecule has 0 atom stereocenters. The van der Waals surface area contributed by atoms with Gasteiger partial charge in [-0.05, 0) is 41.8 Å². The zero-order chi connectivity index (χ0) is 15.9. The van der Waals surface area contributed by atoms with E-state index in [1.807, 2.05) is 30.3 Å². The van der Waals surface area contributed by atoms with Gasteiger partial charge >= 0.3 is 0 Å². The van der Waals surface area contributed by atoms with Crippen LogP contribution in [-0.4, -0.2) is 0 Å². The van der Waals surface area contributed by atoms with Gasteiger partial charge in [-0.25, -0.2) is 0 Å². The molecule has 5 rings (SSSR count). The van der Waals surface area contributed by atoms with Crippen LogP contribution in [0.4, 0.5) is 11.4 Å². The predicted molar refractivity (Wildman–Crippen MR) is 101 cm³/mol. The Bertz CT molecular complexity index is 1170. The van der Waals surface area contributed by atoms with Gasteiger partial charge in [0.25, 0.3) is 0 Å². The number of benzene rings is 4. The van der Waals surface area contributed by atoms with E-state index in [1.54, 1.807) is 0 Å². The van der Waals surface area contributed by atoms with E-state index in [0.717, 1.165) is 38.7 Å². The van der Waals surface area contributed by atoms with Gasteiger partial charge in [0, 0.05) is 27.5 Å². The molecule has 2 heteroatoms. The number of hydrogen-bond donors (Lipinski definition) is 1. The molecule has 0 aliphatic heterocycles. The minimum atomic E-state index is 0.922. The van der Waals surface area contributed by atoms with E-state index in [9.17, 15) is 0 Å². The summed E-state index contributed by atoms with van der Waals surface area (Å²) in [4.78, 5) is 0. The summed E-state index contributed by atoms with van der Waals surface area (Å²) in [5.41, 5.74) is 4.02. The van der Waals surface area contributed by atoms with Crippen molar-refractivity contribution in [1.82, 2.24) is 0 Å². The summed E-state index contributed by atoms with van der Waals surface area (Å²) in [6.07, 6.45) is 0. The summed E-state index contributed by atoms with van der Waals surface area (Å²) in [5, 5.41) is 8.19. The quantitative estimate of drug-likeness (QED) is 0.403. The molecule has 1 aromatic heterocycles. The lowest BCUT2D eigenvalue weighted by Crippen LogP contribution is -1.90. The summed E-state index contributed by atoms with van der Waals surface area (Å²) >= 11 is 0.